The van der Waals surface area contributed by atoms with Crippen molar-refractivity contribution in [2.75, 3.05) is 90.9 Å². The van der Waals surface area contributed by atoms with Crippen molar-refractivity contribution in [2.45, 2.75) is 63.7 Å². The third kappa shape index (κ3) is 9.23. The minimum absolute atomic E-state index is 0.140. The zero-order valence-electron chi connectivity index (χ0n) is 38.2. The largest absolute Gasteiger partial charge is 0.494 e. The second-order valence-electron chi connectivity index (χ2n) is 18.1. The van der Waals surface area contributed by atoms with E-state index in [-0.39, 0.29) is 29.8 Å². The van der Waals surface area contributed by atoms with Crippen LogP contribution in [0.25, 0.3) is 11.0 Å². The van der Waals surface area contributed by atoms with Crippen molar-refractivity contribution in [1.82, 2.24) is 40.0 Å². The average Bonchev–Trinajstić information content (AvgIpc) is 3.64. The molecule has 0 aliphatic carbocycles. The number of aromatic nitrogens is 4. The number of piperidine rings is 2. The summed E-state index contributed by atoms with van der Waals surface area (Å²) in [7, 11) is -1.99. The van der Waals surface area contributed by atoms with Crippen LogP contribution in [0.15, 0.2) is 65.5 Å². The lowest BCUT2D eigenvalue weighted by molar-refractivity contribution is -0.136. The number of carbonyl (C=O) groups excluding carboxylic acids is 3. The van der Waals surface area contributed by atoms with Crippen LogP contribution in [0.2, 0.25) is 0 Å². The molecule has 2 aromatic heterocycles. The number of sulfonamides is 1. The first-order valence-corrected chi connectivity index (χ1v) is 25.8. The Kier molecular flexibility index (Phi) is 12.6. The Labute approximate surface area is 403 Å². The number of carbonyl (C=O) groups is 3. The van der Waals surface area contributed by atoms with E-state index in [9.17, 15) is 22.8 Å². The summed E-state index contributed by atoms with van der Waals surface area (Å²) in [4.78, 5) is 67.2. The first-order chi connectivity index (χ1) is 32.8. The van der Waals surface area contributed by atoms with Gasteiger partial charge in [-0.1, -0.05) is 6.92 Å². The fourth-order valence-electron chi connectivity index (χ4n) is 10.2. The van der Waals surface area contributed by atoms with Gasteiger partial charge in [-0.2, -0.15) is 4.98 Å². The molecule has 0 spiro atoms. The van der Waals surface area contributed by atoms with Crippen molar-refractivity contribution in [3.05, 3.63) is 82.2 Å². The topological polar surface area (TPSA) is 210 Å². The number of hydrogen-bond acceptors (Lipinski definition) is 16. The minimum atomic E-state index is -3.65. The SMILES string of the molecule is CCc1cc(Nc2ncc(Br)c(Nc3ccc4nccnc4c3NS(C)(=O)=O)n2)c(OC)cc1N1CCC(N2CC(N3CCN(c4ccc5c(c4)CN([C@H]4CCC(=O)NC4=O)C5=O)CC3)C2)CC1. The number of rotatable bonds is 13. The number of imide groups is 1. The molecule has 1 atom stereocenters. The van der Waals surface area contributed by atoms with Crippen molar-refractivity contribution >= 4 is 94.9 Å². The van der Waals surface area contributed by atoms with Crippen molar-refractivity contribution in [3.8, 4) is 5.75 Å². The molecule has 3 aromatic carbocycles. The Hall–Kier alpha value is -6.16. The van der Waals surface area contributed by atoms with E-state index < -0.39 is 16.1 Å². The molecule has 3 amide bonds. The summed E-state index contributed by atoms with van der Waals surface area (Å²) in [5.41, 5.74) is 7.39. The average molecular weight is 1010 g/mol. The molecule has 5 aromatic rings. The van der Waals surface area contributed by atoms with Crippen molar-refractivity contribution in [1.29, 1.82) is 0 Å². The number of anilines is 7. The normalized spacial score (nSPS) is 19.8. The number of fused-ring (bicyclic) bond motifs is 2. The number of piperazine rings is 1. The molecular formula is C47H54BrN13O6S. The van der Waals surface area contributed by atoms with E-state index in [1.54, 1.807) is 36.5 Å². The van der Waals surface area contributed by atoms with Gasteiger partial charge in [0, 0.05) is 119 Å². The van der Waals surface area contributed by atoms with Crippen LogP contribution in [-0.4, -0.2) is 145 Å². The predicted octanol–water partition coefficient (Wildman–Crippen LogP) is 4.85. The number of ether oxygens (including phenoxy) is 1. The van der Waals surface area contributed by atoms with E-state index in [0.29, 0.717) is 69.3 Å². The molecule has 0 saturated carbocycles. The van der Waals surface area contributed by atoms with Gasteiger partial charge in [0.05, 0.1) is 40.4 Å². The molecule has 4 N–H and O–H groups in total. The maximum absolute atomic E-state index is 13.2. The van der Waals surface area contributed by atoms with E-state index in [2.05, 4.69) is 96.3 Å². The standard InChI is InChI=1S/C47H54BrN13O6S/c1-4-28-22-37(53-47-51-24-34(48)44(55-47)52-36-8-7-35-42(50-14-13-49-35)43(36)56-68(3,65)66)40(67-2)23-39(28)59-15-11-30(12-16-59)60-26-32(27-60)58-19-17-57(18-20-58)31-5-6-33-29(21-31)25-61(46(33)64)38-9-10-41(62)54-45(38)63/h5-8,13-14,21-24,30,32,38,56H,4,9-12,15-20,25-27H2,1-3H3,(H,54,62,63)(H2,51,52,53,55)/t38-/m0/s1. The van der Waals surface area contributed by atoms with Crippen LogP contribution in [0.1, 0.15) is 54.1 Å². The Morgan fingerprint density at radius 2 is 1.63 bits per heavy atom. The van der Waals surface area contributed by atoms with Gasteiger partial charge in [-0.3, -0.25) is 44.2 Å². The van der Waals surface area contributed by atoms with Gasteiger partial charge in [0.15, 0.2) is 0 Å². The smallest absolute Gasteiger partial charge is 0.255 e. The van der Waals surface area contributed by atoms with E-state index in [1.165, 1.54) is 17.4 Å². The van der Waals surface area contributed by atoms with E-state index in [4.69, 9.17) is 9.72 Å². The highest BCUT2D eigenvalue weighted by atomic mass is 79.9. The Morgan fingerprint density at radius 1 is 0.853 bits per heavy atom. The fourth-order valence-corrected chi connectivity index (χ4v) is 11.1. The first-order valence-electron chi connectivity index (χ1n) is 23.1. The molecule has 5 aliphatic rings. The summed E-state index contributed by atoms with van der Waals surface area (Å²) >= 11 is 3.54. The van der Waals surface area contributed by atoms with Gasteiger partial charge in [0.2, 0.25) is 27.8 Å². The van der Waals surface area contributed by atoms with Gasteiger partial charge < -0.3 is 30.1 Å². The van der Waals surface area contributed by atoms with Crippen molar-refractivity contribution in [2.24, 2.45) is 0 Å². The number of nitrogens with zero attached hydrogens (tertiary/aromatic N) is 9. The van der Waals surface area contributed by atoms with E-state index >= 15 is 0 Å². The number of likely N-dealkylation sites (tertiary alicyclic amines) is 1. The van der Waals surface area contributed by atoms with Crippen LogP contribution < -0.4 is 35.2 Å². The first kappa shape index (κ1) is 45.6. The zero-order chi connectivity index (χ0) is 47.3. The molecule has 7 heterocycles. The summed E-state index contributed by atoms with van der Waals surface area (Å²) < 4.78 is 33.8. The molecule has 4 fully saturated rings. The maximum Gasteiger partial charge on any atom is 0.255 e. The maximum atomic E-state index is 13.2. The molecular weight excluding hydrogens is 955 g/mol. The van der Waals surface area contributed by atoms with Crippen LogP contribution in [-0.2, 0) is 32.6 Å². The second kappa shape index (κ2) is 18.7. The van der Waals surface area contributed by atoms with Crippen molar-refractivity contribution in [3.63, 3.8) is 0 Å². The molecule has 4 saturated heterocycles. The fraction of sp³-hybridized carbons (Fsp3) is 0.426. The highest BCUT2D eigenvalue weighted by Crippen LogP contribution is 2.39. The Balaban J connectivity index is 0.727. The summed E-state index contributed by atoms with van der Waals surface area (Å²) in [6, 6.07) is 14.2. The molecule has 356 valence electrons. The van der Waals surface area contributed by atoms with Crippen LogP contribution in [0, 0.1) is 0 Å². The Bertz CT molecular complexity index is 2900. The van der Waals surface area contributed by atoms with Gasteiger partial charge in [-0.05, 0) is 89.1 Å². The molecule has 68 heavy (non-hydrogen) atoms. The summed E-state index contributed by atoms with van der Waals surface area (Å²) in [5, 5.41) is 8.99. The zero-order valence-corrected chi connectivity index (χ0v) is 40.6. The second-order valence-corrected chi connectivity index (χ2v) is 20.7. The number of hydrogen-bond donors (Lipinski definition) is 4. The molecule has 19 nitrogen and oxygen atoms in total. The Morgan fingerprint density at radius 3 is 2.37 bits per heavy atom. The lowest BCUT2D eigenvalue weighted by Gasteiger charge is -2.52. The van der Waals surface area contributed by atoms with Gasteiger partial charge in [0.1, 0.15) is 23.1 Å². The molecule has 10 rings (SSSR count). The van der Waals surface area contributed by atoms with E-state index in [1.807, 2.05) is 12.1 Å². The molecule has 0 unspecified atom stereocenters. The monoisotopic (exact) mass is 1010 g/mol. The lowest BCUT2D eigenvalue weighted by atomic mass is 9.95. The summed E-state index contributed by atoms with van der Waals surface area (Å²) in [6.07, 6.45) is 9.36. The predicted molar refractivity (Wildman–Crippen MR) is 264 cm³/mol. The van der Waals surface area contributed by atoms with Crippen LogP contribution >= 0.6 is 15.9 Å². The quantitative estimate of drug-likeness (QED) is 0.116. The van der Waals surface area contributed by atoms with Gasteiger partial charge in [0.25, 0.3) is 5.91 Å². The molecule has 5 aliphatic heterocycles. The summed E-state index contributed by atoms with van der Waals surface area (Å²) in [5.74, 6) is 0.581. The van der Waals surface area contributed by atoms with Crippen molar-refractivity contribution < 1.29 is 27.5 Å². The third-order valence-corrected chi connectivity index (χ3v) is 15.0. The van der Waals surface area contributed by atoms with E-state index in [0.717, 1.165) is 94.8 Å². The number of amides is 3. The number of halogens is 1. The highest BCUT2D eigenvalue weighted by molar-refractivity contribution is 9.10. The molecule has 21 heteroatoms. The number of methoxy groups -OCH3 is 1. The third-order valence-electron chi connectivity index (χ3n) is 13.9. The van der Waals surface area contributed by atoms with Gasteiger partial charge in [-0.25, -0.2) is 13.4 Å². The minimum Gasteiger partial charge on any atom is -0.494 e. The van der Waals surface area contributed by atoms with Crippen LogP contribution in [0.4, 0.5) is 40.2 Å². The molecule has 0 radical (unpaired) electrons. The summed E-state index contributed by atoms with van der Waals surface area (Å²) in [6.45, 7) is 10.4. The van der Waals surface area contributed by atoms with Crippen LogP contribution in [0.5, 0.6) is 5.75 Å². The number of benzene rings is 3. The van der Waals surface area contributed by atoms with Gasteiger partial charge >= 0.3 is 0 Å². The number of aryl methyl sites for hydroxylation is 1. The van der Waals surface area contributed by atoms with Gasteiger partial charge in [-0.15, -0.1) is 0 Å². The lowest BCUT2D eigenvalue weighted by Crippen LogP contribution is -2.66. The highest BCUT2D eigenvalue weighted by Gasteiger charge is 2.41. The van der Waals surface area contributed by atoms with Crippen LogP contribution in [0.3, 0.4) is 0 Å². The molecule has 0 bridgehead atoms. The number of nitrogens with one attached hydrogen (secondary N) is 4.